The highest BCUT2D eigenvalue weighted by atomic mass is 31.2. The first-order valence-corrected chi connectivity index (χ1v) is 38.6. The van der Waals surface area contributed by atoms with E-state index in [4.69, 9.17) is 37.0 Å². The number of rotatable bonds is 68. The van der Waals surface area contributed by atoms with Gasteiger partial charge in [-0.05, 0) is 31.6 Å². The fraction of sp³-hybridized carbons (Fsp3) is 0.941. The quantitative estimate of drug-likeness (QED) is 0.0222. The van der Waals surface area contributed by atoms with Crippen molar-refractivity contribution < 1.29 is 80.2 Å². The standard InChI is InChI=1S/C68H132O17P2/c1-6-9-12-15-17-19-21-22-23-24-25-26-27-28-29-30-31-33-39-44-49-54-68(73)85-64(58-79-66(71)52-47-42-37-35-34-36-41-45-50-61(4)5)60-83-87(76,77)81-56-62(69)55-80-86(74,75)82-59-63(57-78-65(70)51-46-40-14-11-8-3)84-67(72)53-48-43-38-32-20-18-16-13-10-7-2/h61-64,69H,6-60H2,1-5H3,(H,74,75)(H,76,77)/t62-,63+,64+/m0/s1. The molecule has 0 saturated heterocycles. The molecule has 0 aliphatic heterocycles. The molecular formula is C68H132O17P2. The van der Waals surface area contributed by atoms with Crippen LogP contribution in [0.25, 0.3) is 0 Å². The van der Waals surface area contributed by atoms with Crippen LogP contribution >= 0.6 is 15.6 Å². The summed E-state index contributed by atoms with van der Waals surface area (Å²) in [7, 11) is -9.88. The van der Waals surface area contributed by atoms with Crippen molar-refractivity contribution in [2.24, 2.45) is 5.92 Å². The van der Waals surface area contributed by atoms with E-state index in [1.54, 1.807) is 0 Å². The molecule has 0 amide bonds. The molecule has 0 aliphatic rings. The Hall–Kier alpha value is -1.94. The molecule has 0 fully saturated rings. The lowest BCUT2D eigenvalue weighted by atomic mass is 10.0. The number of carbonyl (C=O) groups excluding carboxylic acids is 4. The minimum Gasteiger partial charge on any atom is -0.462 e. The summed E-state index contributed by atoms with van der Waals surface area (Å²) in [5, 5.41) is 10.5. The summed E-state index contributed by atoms with van der Waals surface area (Å²) >= 11 is 0. The zero-order chi connectivity index (χ0) is 64.2. The Morgan fingerprint density at radius 1 is 0.310 bits per heavy atom. The number of aliphatic hydroxyl groups excluding tert-OH is 1. The van der Waals surface area contributed by atoms with Crippen LogP contribution in [-0.2, 0) is 65.4 Å². The number of phosphoric ester groups is 2. The summed E-state index contributed by atoms with van der Waals surface area (Å²) in [6.07, 6.45) is 47.8. The topological polar surface area (TPSA) is 237 Å². The normalized spacial score (nSPS) is 14.1. The molecule has 0 rings (SSSR count). The maximum atomic E-state index is 13.0. The van der Waals surface area contributed by atoms with Gasteiger partial charge in [-0.1, -0.05) is 298 Å². The summed E-state index contributed by atoms with van der Waals surface area (Å²) in [5.41, 5.74) is 0. The number of phosphoric acid groups is 2. The van der Waals surface area contributed by atoms with Gasteiger partial charge in [-0.25, -0.2) is 9.13 Å². The first-order chi connectivity index (χ1) is 42.0. The van der Waals surface area contributed by atoms with Gasteiger partial charge in [0.05, 0.1) is 26.4 Å². The molecule has 0 radical (unpaired) electrons. The van der Waals surface area contributed by atoms with E-state index in [-0.39, 0.29) is 25.7 Å². The molecule has 17 nitrogen and oxygen atoms in total. The summed E-state index contributed by atoms with van der Waals surface area (Å²) in [4.78, 5) is 72.1. The van der Waals surface area contributed by atoms with Crippen molar-refractivity contribution in [3.05, 3.63) is 0 Å². The molecule has 19 heteroatoms. The first-order valence-electron chi connectivity index (χ1n) is 35.6. The second-order valence-electron chi connectivity index (χ2n) is 25.0. The van der Waals surface area contributed by atoms with Crippen LogP contribution in [0.15, 0.2) is 0 Å². The Labute approximate surface area is 530 Å². The van der Waals surface area contributed by atoms with E-state index in [9.17, 15) is 43.2 Å². The van der Waals surface area contributed by atoms with Crippen LogP contribution < -0.4 is 0 Å². The molecule has 0 aromatic rings. The molecule has 0 spiro atoms. The average Bonchev–Trinajstić information content (AvgIpc) is 3.71. The van der Waals surface area contributed by atoms with E-state index < -0.39 is 97.5 Å². The Morgan fingerprint density at radius 3 is 0.782 bits per heavy atom. The Kier molecular flexibility index (Phi) is 60.2. The van der Waals surface area contributed by atoms with Crippen molar-refractivity contribution in [1.82, 2.24) is 0 Å². The van der Waals surface area contributed by atoms with Crippen LogP contribution in [0.2, 0.25) is 0 Å². The third-order valence-electron chi connectivity index (χ3n) is 15.8. The molecule has 0 bridgehead atoms. The smallest absolute Gasteiger partial charge is 0.462 e. The maximum Gasteiger partial charge on any atom is 0.472 e. The molecule has 0 saturated carbocycles. The summed E-state index contributed by atoms with van der Waals surface area (Å²) in [5.74, 6) is -1.41. The number of carbonyl (C=O) groups is 4. The zero-order valence-corrected chi connectivity index (χ0v) is 57.9. The van der Waals surface area contributed by atoms with Gasteiger partial charge in [-0.15, -0.1) is 0 Å². The van der Waals surface area contributed by atoms with Gasteiger partial charge >= 0.3 is 39.5 Å². The van der Waals surface area contributed by atoms with E-state index in [0.717, 1.165) is 102 Å². The van der Waals surface area contributed by atoms with E-state index >= 15 is 0 Å². The van der Waals surface area contributed by atoms with Crippen molar-refractivity contribution in [2.45, 2.75) is 368 Å². The van der Waals surface area contributed by atoms with E-state index in [1.165, 1.54) is 167 Å². The SMILES string of the molecule is CCCCCCCCCCCCCCCCCCCCCCCC(=O)O[C@H](COC(=O)CCCCCCCCCCC(C)C)COP(=O)(O)OC[C@@H](O)COP(=O)(O)OC[C@@H](COC(=O)CCCCCCC)OC(=O)CCCCCCCCCCCC. The molecule has 0 heterocycles. The van der Waals surface area contributed by atoms with Crippen molar-refractivity contribution in [3.63, 3.8) is 0 Å². The lowest BCUT2D eigenvalue weighted by Crippen LogP contribution is -2.30. The van der Waals surface area contributed by atoms with Crippen LogP contribution in [-0.4, -0.2) is 96.7 Å². The van der Waals surface area contributed by atoms with Gasteiger partial charge in [0, 0.05) is 25.7 Å². The average molecular weight is 1280 g/mol. The number of aliphatic hydroxyl groups is 1. The Morgan fingerprint density at radius 2 is 0.529 bits per heavy atom. The largest absolute Gasteiger partial charge is 0.472 e. The monoisotopic (exact) mass is 1280 g/mol. The minimum absolute atomic E-state index is 0.106. The number of ether oxygens (including phenoxy) is 4. The van der Waals surface area contributed by atoms with E-state index in [1.807, 2.05) is 0 Å². The second-order valence-corrected chi connectivity index (χ2v) is 27.9. The van der Waals surface area contributed by atoms with E-state index in [2.05, 4.69) is 34.6 Å². The lowest BCUT2D eigenvalue weighted by Gasteiger charge is -2.21. The molecule has 3 N–H and O–H groups in total. The molecule has 516 valence electrons. The first kappa shape index (κ1) is 85.1. The van der Waals surface area contributed by atoms with Crippen LogP contribution in [0, 0.1) is 5.92 Å². The molecular weight excluding hydrogens is 1150 g/mol. The Bertz CT molecular complexity index is 1690. The van der Waals surface area contributed by atoms with Crippen LogP contribution in [0.4, 0.5) is 0 Å². The van der Waals surface area contributed by atoms with Gasteiger partial charge in [-0.2, -0.15) is 0 Å². The summed E-state index contributed by atoms with van der Waals surface area (Å²) in [6, 6.07) is 0. The second kappa shape index (κ2) is 61.6. The molecule has 0 aromatic carbocycles. The van der Waals surface area contributed by atoms with Crippen molar-refractivity contribution in [1.29, 1.82) is 0 Å². The van der Waals surface area contributed by atoms with Crippen molar-refractivity contribution in [3.8, 4) is 0 Å². The number of unbranched alkanes of at least 4 members (excludes halogenated alkanes) is 40. The fourth-order valence-electron chi connectivity index (χ4n) is 10.3. The molecule has 5 atom stereocenters. The van der Waals surface area contributed by atoms with E-state index in [0.29, 0.717) is 25.7 Å². The molecule has 2 unspecified atom stereocenters. The highest BCUT2D eigenvalue weighted by Gasteiger charge is 2.30. The number of esters is 4. The van der Waals surface area contributed by atoms with Gasteiger partial charge in [0.2, 0.25) is 0 Å². The van der Waals surface area contributed by atoms with Crippen molar-refractivity contribution in [2.75, 3.05) is 39.6 Å². The summed E-state index contributed by atoms with van der Waals surface area (Å²) < 4.78 is 67.9. The molecule has 0 aromatic heterocycles. The van der Waals surface area contributed by atoms with Crippen LogP contribution in [0.5, 0.6) is 0 Å². The fourth-order valence-corrected chi connectivity index (χ4v) is 11.9. The van der Waals surface area contributed by atoms with Gasteiger partial charge in [0.15, 0.2) is 12.2 Å². The molecule has 0 aliphatic carbocycles. The predicted molar refractivity (Wildman–Crippen MR) is 349 cm³/mol. The number of hydrogen-bond acceptors (Lipinski definition) is 15. The van der Waals surface area contributed by atoms with Crippen molar-refractivity contribution >= 4 is 39.5 Å². The highest BCUT2D eigenvalue weighted by molar-refractivity contribution is 7.47. The van der Waals surface area contributed by atoms with Gasteiger partial charge in [-0.3, -0.25) is 37.3 Å². The lowest BCUT2D eigenvalue weighted by molar-refractivity contribution is -0.161. The summed E-state index contributed by atoms with van der Waals surface area (Å²) in [6.45, 7) is 7.09. The van der Waals surface area contributed by atoms with Crippen LogP contribution in [0.3, 0.4) is 0 Å². The third kappa shape index (κ3) is 62.6. The predicted octanol–water partition coefficient (Wildman–Crippen LogP) is 19.4. The van der Waals surface area contributed by atoms with Gasteiger partial charge in [0.1, 0.15) is 19.3 Å². The minimum atomic E-state index is -4.95. The number of hydrogen-bond donors (Lipinski definition) is 3. The highest BCUT2D eigenvalue weighted by Crippen LogP contribution is 2.45. The molecule has 87 heavy (non-hydrogen) atoms. The maximum absolute atomic E-state index is 13.0. The van der Waals surface area contributed by atoms with Gasteiger partial charge in [0.25, 0.3) is 0 Å². The van der Waals surface area contributed by atoms with Gasteiger partial charge < -0.3 is 33.8 Å². The Balaban J connectivity index is 5.08. The zero-order valence-electron chi connectivity index (χ0n) is 56.2. The van der Waals surface area contributed by atoms with Crippen LogP contribution in [0.1, 0.15) is 349 Å². The third-order valence-corrected chi connectivity index (χ3v) is 17.7.